The molecular weight excluding hydrogens is 262 g/mol. The number of rotatable bonds is 4. The van der Waals surface area contributed by atoms with Gasteiger partial charge in [-0.15, -0.1) is 0 Å². The highest BCUT2D eigenvalue weighted by molar-refractivity contribution is 5.74. The van der Waals surface area contributed by atoms with Crippen molar-refractivity contribution in [3.63, 3.8) is 0 Å². The Morgan fingerprint density at radius 3 is 2.85 bits per heavy atom. The van der Waals surface area contributed by atoms with Gasteiger partial charge in [0.05, 0.1) is 17.6 Å². The summed E-state index contributed by atoms with van der Waals surface area (Å²) in [6, 6.07) is 6.99. The van der Waals surface area contributed by atoms with Crippen molar-refractivity contribution in [2.75, 3.05) is 13.2 Å². The van der Waals surface area contributed by atoms with Gasteiger partial charge in [-0.05, 0) is 19.1 Å². The topological polar surface area (TPSA) is 93.2 Å². The van der Waals surface area contributed by atoms with Crippen LogP contribution < -0.4 is 16.4 Å². The lowest BCUT2D eigenvalue weighted by Crippen LogP contribution is -2.39. The molecule has 0 bridgehead atoms. The fourth-order valence-electron chi connectivity index (χ4n) is 1.90. The maximum atomic E-state index is 11.9. The van der Waals surface area contributed by atoms with Gasteiger partial charge < -0.3 is 19.6 Å². The van der Waals surface area contributed by atoms with E-state index in [1.165, 1.54) is 4.57 Å². The fourth-order valence-corrected chi connectivity index (χ4v) is 1.90. The number of hydrogen-bond acceptors (Lipinski definition) is 4. The lowest BCUT2D eigenvalue weighted by atomic mass is 10.3. The zero-order valence-corrected chi connectivity index (χ0v) is 11.0. The number of alkyl carbamates (subject to hydrolysis) is 1. The summed E-state index contributed by atoms with van der Waals surface area (Å²) in [5.41, 5.74) is -0.134. The number of aromatic nitrogens is 2. The van der Waals surface area contributed by atoms with E-state index in [0.29, 0.717) is 11.0 Å². The van der Waals surface area contributed by atoms with Crippen LogP contribution in [0.2, 0.25) is 0 Å². The van der Waals surface area contributed by atoms with E-state index in [9.17, 15) is 14.4 Å². The number of ether oxygens (including phenoxy) is 1. The van der Waals surface area contributed by atoms with E-state index < -0.39 is 17.2 Å². The second-order valence-corrected chi connectivity index (χ2v) is 4.08. The highest BCUT2D eigenvalue weighted by Gasteiger charge is 2.07. The van der Waals surface area contributed by atoms with Crippen molar-refractivity contribution in [1.29, 1.82) is 0 Å². The molecule has 0 aliphatic carbocycles. The largest absolute Gasteiger partial charge is 0.450 e. The molecule has 0 spiro atoms. The molecule has 2 aromatic rings. The minimum absolute atomic E-state index is 0.197. The van der Waals surface area contributed by atoms with Gasteiger partial charge in [-0.3, -0.25) is 9.59 Å². The molecule has 7 nitrogen and oxygen atoms in total. The summed E-state index contributed by atoms with van der Waals surface area (Å²) in [5, 5.41) is 2.51. The van der Waals surface area contributed by atoms with E-state index >= 15 is 0 Å². The van der Waals surface area contributed by atoms with E-state index in [4.69, 9.17) is 4.74 Å². The molecule has 2 N–H and O–H groups in total. The SMILES string of the molecule is CCOC(=O)NCCn1c(=O)c(=O)[nH]c2ccccc21. The van der Waals surface area contributed by atoms with Crippen LogP contribution in [0.1, 0.15) is 6.92 Å². The van der Waals surface area contributed by atoms with Crippen LogP contribution in [-0.2, 0) is 11.3 Å². The molecule has 0 radical (unpaired) electrons. The molecule has 0 saturated carbocycles. The molecule has 0 fully saturated rings. The third-order valence-corrected chi connectivity index (χ3v) is 2.76. The zero-order chi connectivity index (χ0) is 14.5. The van der Waals surface area contributed by atoms with Crippen LogP contribution in [0.25, 0.3) is 11.0 Å². The van der Waals surface area contributed by atoms with Crippen LogP contribution in [0.3, 0.4) is 0 Å². The van der Waals surface area contributed by atoms with Crippen molar-refractivity contribution in [2.45, 2.75) is 13.5 Å². The molecule has 0 aliphatic heterocycles. The molecule has 0 atom stereocenters. The number of amides is 1. The van der Waals surface area contributed by atoms with E-state index in [1.54, 1.807) is 31.2 Å². The Kier molecular flexibility index (Phi) is 4.19. The van der Waals surface area contributed by atoms with Gasteiger partial charge in [0.1, 0.15) is 0 Å². The normalized spacial score (nSPS) is 10.4. The average Bonchev–Trinajstić information content (AvgIpc) is 2.43. The van der Waals surface area contributed by atoms with E-state index in [2.05, 4.69) is 10.3 Å². The molecule has 1 aromatic carbocycles. The Bertz CT molecular complexity index is 732. The number of fused-ring (bicyclic) bond motifs is 1. The van der Waals surface area contributed by atoms with Crippen LogP contribution in [0.5, 0.6) is 0 Å². The second-order valence-electron chi connectivity index (χ2n) is 4.08. The van der Waals surface area contributed by atoms with Gasteiger partial charge in [0.25, 0.3) is 0 Å². The summed E-state index contributed by atoms with van der Waals surface area (Å²) >= 11 is 0. The fraction of sp³-hybridized carbons (Fsp3) is 0.308. The smallest absolute Gasteiger partial charge is 0.407 e. The van der Waals surface area contributed by atoms with Gasteiger partial charge in [-0.2, -0.15) is 0 Å². The van der Waals surface area contributed by atoms with Crippen LogP contribution in [0, 0.1) is 0 Å². The Morgan fingerprint density at radius 1 is 1.35 bits per heavy atom. The number of hydrogen-bond donors (Lipinski definition) is 2. The van der Waals surface area contributed by atoms with Gasteiger partial charge in [0.15, 0.2) is 0 Å². The lowest BCUT2D eigenvalue weighted by molar-refractivity contribution is 0.152. The maximum absolute atomic E-state index is 11.9. The molecule has 1 amide bonds. The van der Waals surface area contributed by atoms with Crippen molar-refractivity contribution in [3.05, 3.63) is 45.0 Å². The zero-order valence-electron chi connectivity index (χ0n) is 11.0. The maximum Gasteiger partial charge on any atom is 0.407 e. The molecule has 0 aliphatic rings. The first kappa shape index (κ1) is 13.9. The Morgan fingerprint density at radius 2 is 2.10 bits per heavy atom. The molecule has 7 heteroatoms. The van der Waals surface area contributed by atoms with Crippen molar-refractivity contribution in [2.24, 2.45) is 0 Å². The molecule has 1 aromatic heterocycles. The summed E-state index contributed by atoms with van der Waals surface area (Å²) in [4.78, 5) is 37.1. The molecule has 1 heterocycles. The van der Waals surface area contributed by atoms with Crippen LogP contribution in [0.4, 0.5) is 4.79 Å². The predicted molar refractivity (Wildman–Crippen MR) is 73.9 cm³/mol. The monoisotopic (exact) mass is 277 g/mol. The Hall–Kier alpha value is -2.57. The number of nitrogens with one attached hydrogen (secondary N) is 2. The van der Waals surface area contributed by atoms with E-state index in [-0.39, 0.29) is 19.7 Å². The number of aromatic amines is 1. The minimum atomic E-state index is -0.681. The first-order valence-corrected chi connectivity index (χ1v) is 6.26. The standard InChI is InChI=1S/C13H15N3O4/c1-2-20-13(19)14-7-8-16-10-6-4-3-5-9(10)15-11(17)12(16)18/h3-6H,2,7-8H2,1H3,(H,14,19)(H,15,17). The third-order valence-electron chi connectivity index (χ3n) is 2.76. The van der Waals surface area contributed by atoms with Crippen molar-refractivity contribution in [1.82, 2.24) is 14.9 Å². The summed E-state index contributed by atoms with van der Waals surface area (Å²) in [6.07, 6.45) is -0.547. The number of H-pyrrole nitrogens is 1. The molecule has 106 valence electrons. The summed E-state index contributed by atoms with van der Waals surface area (Å²) in [7, 11) is 0. The molecule has 0 saturated heterocycles. The Balaban J connectivity index is 2.25. The molecular formula is C13H15N3O4. The third kappa shape index (κ3) is 2.87. The highest BCUT2D eigenvalue weighted by atomic mass is 16.5. The average molecular weight is 277 g/mol. The molecule has 2 rings (SSSR count). The van der Waals surface area contributed by atoms with Gasteiger partial charge in [0, 0.05) is 13.1 Å². The number of carbonyl (C=O) groups is 1. The highest BCUT2D eigenvalue weighted by Crippen LogP contribution is 2.06. The second kappa shape index (κ2) is 6.05. The summed E-state index contributed by atoms with van der Waals surface area (Å²) in [5.74, 6) is 0. The van der Waals surface area contributed by atoms with Crippen LogP contribution >= 0.6 is 0 Å². The number of carbonyl (C=O) groups excluding carboxylic acids is 1. The summed E-state index contributed by atoms with van der Waals surface area (Å²) in [6.45, 7) is 2.38. The number of para-hydroxylation sites is 2. The minimum Gasteiger partial charge on any atom is -0.450 e. The predicted octanol–water partition coefficient (Wildman–Crippen LogP) is 0.436. The molecule has 0 unspecified atom stereocenters. The first-order chi connectivity index (χ1) is 9.63. The number of nitrogens with zero attached hydrogens (tertiary/aromatic N) is 1. The van der Waals surface area contributed by atoms with Crippen LogP contribution in [-0.4, -0.2) is 28.8 Å². The van der Waals surface area contributed by atoms with Gasteiger partial charge in [0.2, 0.25) is 0 Å². The quantitative estimate of drug-likeness (QED) is 0.793. The first-order valence-electron chi connectivity index (χ1n) is 6.26. The van der Waals surface area contributed by atoms with Crippen molar-refractivity contribution < 1.29 is 9.53 Å². The van der Waals surface area contributed by atoms with Gasteiger partial charge in [-0.1, -0.05) is 12.1 Å². The van der Waals surface area contributed by atoms with Crippen LogP contribution in [0.15, 0.2) is 33.9 Å². The van der Waals surface area contributed by atoms with Gasteiger partial charge in [-0.25, -0.2) is 4.79 Å². The molecule has 20 heavy (non-hydrogen) atoms. The Labute approximate surface area is 114 Å². The van der Waals surface area contributed by atoms with Gasteiger partial charge >= 0.3 is 17.2 Å². The van der Waals surface area contributed by atoms with Crippen molar-refractivity contribution in [3.8, 4) is 0 Å². The van der Waals surface area contributed by atoms with Crippen molar-refractivity contribution >= 4 is 17.1 Å². The van der Waals surface area contributed by atoms with E-state index in [0.717, 1.165) is 0 Å². The van der Waals surface area contributed by atoms with E-state index in [1.807, 2.05) is 0 Å². The number of benzene rings is 1. The summed E-state index contributed by atoms with van der Waals surface area (Å²) < 4.78 is 6.05. The lowest BCUT2D eigenvalue weighted by Gasteiger charge is -2.10.